The van der Waals surface area contributed by atoms with Crippen molar-refractivity contribution in [1.82, 2.24) is 0 Å². The lowest BCUT2D eigenvalue weighted by Gasteiger charge is -2.11. The second-order valence-electron chi connectivity index (χ2n) is 4.06. The number of rotatable bonds is 4. The Balaban J connectivity index is 2.08. The summed E-state index contributed by atoms with van der Waals surface area (Å²) in [5.74, 6) is 0.642. The molecule has 0 fully saturated rings. The molecular weight excluding hydrogens is 228 g/mol. The van der Waals surface area contributed by atoms with E-state index in [1.54, 1.807) is 18.2 Å². The van der Waals surface area contributed by atoms with E-state index < -0.39 is 0 Å². The Kier molecular flexibility index (Phi) is 3.69. The van der Waals surface area contributed by atoms with Crippen molar-refractivity contribution in [3.05, 3.63) is 53.6 Å². The van der Waals surface area contributed by atoms with E-state index in [1.165, 1.54) is 0 Å². The fourth-order valence-corrected chi connectivity index (χ4v) is 1.64. The summed E-state index contributed by atoms with van der Waals surface area (Å²) in [6.45, 7) is 0.333. The Labute approximate surface area is 106 Å². The van der Waals surface area contributed by atoms with Gasteiger partial charge in [0.15, 0.2) is 0 Å². The summed E-state index contributed by atoms with van der Waals surface area (Å²) in [7, 11) is 0. The van der Waals surface area contributed by atoms with Gasteiger partial charge in [-0.3, -0.25) is 0 Å². The maximum absolute atomic E-state index is 9.22. The first-order chi connectivity index (χ1) is 8.69. The maximum Gasteiger partial charge on any atom is 0.125 e. The number of aliphatic hydroxyl groups is 1. The summed E-state index contributed by atoms with van der Waals surface area (Å²) in [6, 6.07) is 12.7. The van der Waals surface area contributed by atoms with E-state index in [9.17, 15) is 5.11 Å². The van der Waals surface area contributed by atoms with Crippen LogP contribution in [-0.2, 0) is 13.2 Å². The largest absolute Gasteiger partial charge is 0.489 e. The van der Waals surface area contributed by atoms with Gasteiger partial charge in [0.1, 0.15) is 12.4 Å². The van der Waals surface area contributed by atoms with Crippen molar-refractivity contribution in [2.75, 3.05) is 11.5 Å². The van der Waals surface area contributed by atoms with E-state index >= 15 is 0 Å². The van der Waals surface area contributed by atoms with E-state index in [-0.39, 0.29) is 6.61 Å². The van der Waals surface area contributed by atoms with Gasteiger partial charge in [0.05, 0.1) is 6.61 Å². The van der Waals surface area contributed by atoms with Crippen LogP contribution in [0.25, 0.3) is 0 Å². The fourth-order valence-electron chi connectivity index (χ4n) is 1.64. The highest BCUT2D eigenvalue weighted by molar-refractivity contribution is 5.47. The van der Waals surface area contributed by atoms with Crippen LogP contribution in [0.3, 0.4) is 0 Å². The molecule has 0 aromatic heterocycles. The number of nitrogens with two attached hydrogens (primary N) is 2. The topological polar surface area (TPSA) is 81.5 Å². The van der Waals surface area contributed by atoms with E-state index in [2.05, 4.69) is 0 Å². The highest BCUT2D eigenvalue weighted by Crippen LogP contribution is 2.22. The molecule has 0 aliphatic carbocycles. The number of nitrogen functional groups attached to an aromatic ring is 2. The van der Waals surface area contributed by atoms with Gasteiger partial charge in [-0.2, -0.15) is 0 Å². The van der Waals surface area contributed by atoms with Crippen LogP contribution in [-0.4, -0.2) is 5.11 Å². The zero-order valence-corrected chi connectivity index (χ0v) is 9.97. The molecule has 2 aromatic rings. The molecule has 0 bridgehead atoms. The SMILES string of the molecule is Nc1ccc(COc2ccc(N)cc2CO)cc1. The standard InChI is InChI=1S/C14H16N2O2/c15-12-3-1-10(2-4-12)9-18-14-6-5-13(16)7-11(14)8-17/h1-7,17H,8-9,15-16H2. The van der Waals surface area contributed by atoms with Crippen LogP contribution in [0.4, 0.5) is 11.4 Å². The van der Waals surface area contributed by atoms with Crippen molar-refractivity contribution in [2.24, 2.45) is 0 Å². The maximum atomic E-state index is 9.22. The molecule has 4 nitrogen and oxygen atoms in total. The minimum Gasteiger partial charge on any atom is -0.489 e. The van der Waals surface area contributed by atoms with Gasteiger partial charge in [-0.15, -0.1) is 0 Å². The molecule has 0 aliphatic rings. The molecule has 0 spiro atoms. The molecule has 5 N–H and O–H groups in total. The lowest BCUT2D eigenvalue weighted by molar-refractivity contribution is 0.259. The molecule has 0 aliphatic heterocycles. The van der Waals surface area contributed by atoms with Crippen molar-refractivity contribution in [3.63, 3.8) is 0 Å². The minimum atomic E-state index is -0.0951. The Bertz CT molecular complexity index is 524. The van der Waals surface area contributed by atoms with Crippen LogP contribution in [0.5, 0.6) is 5.75 Å². The third-order valence-electron chi connectivity index (χ3n) is 2.63. The van der Waals surface area contributed by atoms with Gasteiger partial charge in [-0.1, -0.05) is 12.1 Å². The monoisotopic (exact) mass is 244 g/mol. The minimum absolute atomic E-state index is 0.0951. The predicted molar refractivity (Wildman–Crippen MR) is 72.0 cm³/mol. The molecule has 18 heavy (non-hydrogen) atoms. The van der Waals surface area contributed by atoms with E-state index in [4.69, 9.17) is 16.2 Å². The summed E-state index contributed by atoms with van der Waals surface area (Å²) < 4.78 is 5.65. The quantitative estimate of drug-likeness (QED) is 0.718. The van der Waals surface area contributed by atoms with Crippen molar-refractivity contribution >= 4 is 11.4 Å². The smallest absolute Gasteiger partial charge is 0.125 e. The zero-order valence-electron chi connectivity index (χ0n) is 9.97. The van der Waals surface area contributed by atoms with Gasteiger partial charge in [0.25, 0.3) is 0 Å². The van der Waals surface area contributed by atoms with Crippen LogP contribution in [0, 0.1) is 0 Å². The molecule has 0 saturated carbocycles. The molecular formula is C14H16N2O2. The molecule has 0 heterocycles. The lowest BCUT2D eigenvalue weighted by atomic mass is 10.2. The van der Waals surface area contributed by atoms with Gasteiger partial charge in [0, 0.05) is 16.9 Å². The number of hydrogen-bond donors (Lipinski definition) is 3. The highest BCUT2D eigenvalue weighted by atomic mass is 16.5. The first-order valence-corrected chi connectivity index (χ1v) is 5.65. The predicted octanol–water partition coefficient (Wildman–Crippen LogP) is 1.92. The third-order valence-corrected chi connectivity index (χ3v) is 2.63. The Morgan fingerprint density at radius 2 is 1.61 bits per heavy atom. The highest BCUT2D eigenvalue weighted by Gasteiger charge is 2.03. The van der Waals surface area contributed by atoms with Crippen molar-refractivity contribution in [1.29, 1.82) is 0 Å². The van der Waals surface area contributed by atoms with Gasteiger partial charge in [-0.05, 0) is 35.9 Å². The molecule has 0 unspecified atom stereocenters. The van der Waals surface area contributed by atoms with Gasteiger partial charge in [0.2, 0.25) is 0 Å². The second-order valence-corrected chi connectivity index (χ2v) is 4.06. The first-order valence-electron chi connectivity index (χ1n) is 5.65. The van der Waals surface area contributed by atoms with Crippen LogP contribution < -0.4 is 16.2 Å². The summed E-state index contributed by atoms with van der Waals surface area (Å²) in [5.41, 5.74) is 14.3. The zero-order chi connectivity index (χ0) is 13.0. The van der Waals surface area contributed by atoms with Crippen LogP contribution in [0.1, 0.15) is 11.1 Å². The van der Waals surface area contributed by atoms with Crippen molar-refractivity contribution < 1.29 is 9.84 Å². The summed E-state index contributed by atoms with van der Waals surface area (Å²) in [5, 5.41) is 9.22. The van der Waals surface area contributed by atoms with Crippen molar-refractivity contribution in [3.8, 4) is 5.75 Å². The van der Waals surface area contributed by atoms with Crippen LogP contribution in [0.2, 0.25) is 0 Å². The number of benzene rings is 2. The molecule has 0 radical (unpaired) electrons. The van der Waals surface area contributed by atoms with Gasteiger partial charge < -0.3 is 21.3 Å². The van der Waals surface area contributed by atoms with Crippen LogP contribution >= 0.6 is 0 Å². The van der Waals surface area contributed by atoms with E-state index in [1.807, 2.05) is 24.3 Å². The molecule has 4 heteroatoms. The van der Waals surface area contributed by atoms with E-state index in [0.29, 0.717) is 23.6 Å². The molecule has 0 amide bonds. The molecule has 94 valence electrons. The van der Waals surface area contributed by atoms with E-state index in [0.717, 1.165) is 11.3 Å². The number of anilines is 2. The number of aliphatic hydroxyl groups excluding tert-OH is 1. The Morgan fingerprint density at radius 1 is 0.944 bits per heavy atom. The number of hydrogen-bond acceptors (Lipinski definition) is 4. The lowest BCUT2D eigenvalue weighted by Crippen LogP contribution is -2.00. The number of ether oxygens (including phenoxy) is 1. The molecule has 0 saturated heterocycles. The molecule has 2 rings (SSSR count). The summed E-state index contributed by atoms with van der Waals surface area (Å²) >= 11 is 0. The summed E-state index contributed by atoms with van der Waals surface area (Å²) in [4.78, 5) is 0. The van der Waals surface area contributed by atoms with Crippen molar-refractivity contribution in [2.45, 2.75) is 13.2 Å². The normalized spacial score (nSPS) is 10.3. The Morgan fingerprint density at radius 3 is 2.28 bits per heavy atom. The average molecular weight is 244 g/mol. The Hall–Kier alpha value is -2.20. The second kappa shape index (κ2) is 5.42. The third kappa shape index (κ3) is 2.93. The fraction of sp³-hybridized carbons (Fsp3) is 0.143. The molecule has 0 atom stereocenters. The van der Waals surface area contributed by atoms with Crippen LogP contribution in [0.15, 0.2) is 42.5 Å². The van der Waals surface area contributed by atoms with Gasteiger partial charge >= 0.3 is 0 Å². The first kappa shape index (κ1) is 12.3. The average Bonchev–Trinajstić information content (AvgIpc) is 2.39. The molecule has 2 aromatic carbocycles. The summed E-state index contributed by atoms with van der Waals surface area (Å²) in [6.07, 6.45) is 0. The van der Waals surface area contributed by atoms with Gasteiger partial charge in [-0.25, -0.2) is 0 Å².